The van der Waals surface area contributed by atoms with Crippen molar-refractivity contribution in [3.63, 3.8) is 0 Å². The maximum atomic E-state index is 13.2. The van der Waals surface area contributed by atoms with Gasteiger partial charge < -0.3 is 9.47 Å². The number of carbonyl (C=O) groups excluding carboxylic acids is 2. The average Bonchev–Trinajstić information content (AvgIpc) is 3.26. The summed E-state index contributed by atoms with van der Waals surface area (Å²) in [4.78, 5) is 37.4. The van der Waals surface area contributed by atoms with Crippen LogP contribution in [0.2, 0.25) is 0 Å². The minimum Gasteiger partial charge on any atom is -0.493 e. The molecule has 1 fully saturated rings. The molecule has 0 unspecified atom stereocenters. The van der Waals surface area contributed by atoms with Crippen molar-refractivity contribution in [1.29, 1.82) is 0 Å². The van der Waals surface area contributed by atoms with E-state index in [-0.39, 0.29) is 17.8 Å². The van der Waals surface area contributed by atoms with E-state index in [0.29, 0.717) is 11.5 Å². The van der Waals surface area contributed by atoms with Crippen molar-refractivity contribution in [3.05, 3.63) is 63.7 Å². The first-order chi connectivity index (χ1) is 14.8. The van der Waals surface area contributed by atoms with Crippen LogP contribution < -0.4 is 9.47 Å². The Balaban J connectivity index is 1.98. The van der Waals surface area contributed by atoms with Crippen LogP contribution in [0.1, 0.15) is 48.5 Å². The lowest BCUT2D eigenvalue weighted by molar-refractivity contribution is -0.384. The summed E-state index contributed by atoms with van der Waals surface area (Å²) in [5, 5.41) is 11.1. The highest BCUT2D eigenvalue weighted by molar-refractivity contribution is 6.04. The van der Waals surface area contributed by atoms with E-state index in [2.05, 4.69) is 0 Å². The molecule has 3 rings (SSSR count). The van der Waals surface area contributed by atoms with E-state index < -0.39 is 22.2 Å². The first-order valence-electron chi connectivity index (χ1n) is 10.1. The third kappa shape index (κ3) is 4.52. The third-order valence-electron chi connectivity index (χ3n) is 5.95. The van der Waals surface area contributed by atoms with Crippen LogP contribution in [0.15, 0.2) is 42.5 Å². The van der Waals surface area contributed by atoms with Gasteiger partial charge in [0.2, 0.25) is 5.91 Å². The Morgan fingerprint density at radius 3 is 2.32 bits per heavy atom. The fourth-order valence-corrected chi connectivity index (χ4v) is 4.29. The maximum absolute atomic E-state index is 13.2. The number of methoxy groups -OCH3 is 2. The molecule has 0 spiro atoms. The molecule has 0 aromatic heterocycles. The molecule has 0 radical (unpaired) electrons. The summed E-state index contributed by atoms with van der Waals surface area (Å²) in [6.07, 6.45) is 3.58. The molecule has 31 heavy (non-hydrogen) atoms. The molecule has 0 atom stereocenters. The quantitative estimate of drug-likeness (QED) is 0.488. The highest BCUT2D eigenvalue weighted by atomic mass is 16.6. The van der Waals surface area contributed by atoms with Gasteiger partial charge in [-0.15, -0.1) is 0 Å². The van der Waals surface area contributed by atoms with Gasteiger partial charge in [0.1, 0.15) is 0 Å². The van der Waals surface area contributed by atoms with Gasteiger partial charge in [0.05, 0.1) is 19.1 Å². The number of amides is 2. The van der Waals surface area contributed by atoms with Gasteiger partial charge in [0.15, 0.2) is 11.5 Å². The first kappa shape index (κ1) is 22.3. The Bertz CT molecular complexity index is 997. The van der Waals surface area contributed by atoms with Crippen LogP contribution in [0.4, 0.5) is 5.69 Å². The normalized spacial score (nSPS) is 14.7. The second-order valence-electron chi connectivity index (χ2n) is 7.77. The smallest absolute Gasteiger partial charge is 0.270 e. The molecular weight excluding hydrogens is 400 g/mol. The van der Waals surface area contributed by atoms with Crippen LogP contribution >= 0.6 is 0 Å². The highest BCUT2D eigenvalue weighted by Gasteiger charge is 2.40. The predicted octanol–water partition coefficient (Wildman–Crippen LogP) is 4.11. The molecule has 2 aromatic carbocycles. The monoisotopic (exact) mass is 426 g/mol. The largest absolute Gasteiger partial charge is 0.493 e. The summed E-state index contributed by atoms with van der Waals surface area (Å²) in [7, 11) is 3.13. The molecule has 1 saturated carbocycles. The number of hydrogen-bond donors (Lipinski definition) is 0. The van der Waals surface area contributed by atoms with E-state index in [1.807, 2.05) is 18.2 Å². The standard InChI is InChI=1S/C23H26N2O6/c1-16(26)24(22(27)17-7-6-8-19(13-17)25(28)29)15-23(11-4-5-12-23)18-9-10-20(30-2)21(14-18)31-3/h6-10,13-14H,4-5,11-12,15H2,1-3H3. The minimum atomic E-state index is -0.559. The van der Waals surface area contributed by atoms with Crippen LogP contribution in [0, 0.1) is 10.1 Å². The number of carbonyl (C=O) groups is 2. The molecular formula is C23H26N2O6. The van der Waals surface area contributed by atoms with Crippen LogP contribution in [-0.2, 0) is 10.2 Å². The number of imide groups is 1. The molecule has 164 valence electrons. The third-order valence-corrected chi connectivity index (χ3v) is 5.95. The maximum Gasteiger partial charge on any atom is 0.270 e. The SMILES string of the molecule is COc1ccc(C2(CN(C(C)=O)C(=O)c3cccc([N+](=O)[O-])c3)CCCC2)cc1OC. The van der Waals surface area contributed by atoms with Crippen LogP contribution in [0.3, 0.4) is 0 Å². The van der Waals surface area contributed by atoms with Crippen LogP contribution in [-0.4, -0.2) is 42.4 Å². The van der Waals surface area contributed by atoms with Gasteiger partial charge in [-0.25, -0.2) is 0 Å². The van der Waals surface area contributed by atoms with Gasteiger partial charge in [-0.3, -0.25) is 24.6 Å². The van der Waals surface area contributed by atoms with Crippen LogP contribution in [0.5, 0.6) is 11.5 Å². The van der Waals surface area contributed by atoms with E-state index in [4.69, 9.17) is 9.47 Å². The number of non-ortho nitro benzene ring substituents is 1. The van der Waals surface area contributed by atoms with Gasteiger partial charge in [0.25, 0.3) is 11.6 Å². The molecule has 2 aromatic rings. The fraction of sp³-hybridized carbons (Fsp3) is 0.391. The van der Waals surface area contributed by atoms with Crippen molar-refractivity contribution in [2.75, 3.05) is 20.8 Å². The summed E-state index contributed by atoms with van der Waals surface area (Å²) in [5.74, 6) is 0.257. The number of nitro benzene ring substituents is 1. The van der Waals surface area contributed by atoms with Crippen molar-refractivity contribution in [3.8, 4) is 11.5 Å². The summed E-state index contributed by atoms with van der Waals surface area (Å²) in [6.45, 7) is 1.53. The van der Waals surface area contributed by atoms with Crippen molar-refractivity contribution >= 4 is 17.5 Å². The average molecular weight is 426 g/mol. The van der Waals surface area contributed by atoms with Gasteiger partial charge in [-0.1, -0.05) is 25.0 Å². The molecule has 1 aliphatic rings. The Labute approximate surface area is 180 Å². The van der Waals surface area contributed by atoms with E-state index in [0.717, 1.165) is 31.2 Å². The van der Waals surface area contributed by atoms with Crippen molar-refractivity contribution in [2.24, 2.45) is 0 Å². The second-order valence-corrected chi connectivity index (χ2v) is 7.77. The molecule has 0 aliphatic heterocycles. The number of nitro groups is 1. The van der Waals surface area contributed by atoms with E-state index in [1.165, 1.54) is 36.1 Å². The van der Waals surface area contributed by atoms with Crippen molar-refractivity contribution in [1.82, 2.24) is 4.90 Å². The minimum absolute atomic E-state index is 0.116. The van der Waals surface area contributed by atoms with Gasteiger partial charge in [0, 0.05) is 36.6 Å². The second kappa shape index (κ2) is 9.16. The molecule has 0 bridgehead atoms. The lowest BCUT2D eigenvalue weighted by Crippen LogP contribution is -2.45. The molecule has 1 aliphatic carbocycles. The van der Waals surface area contributed by atoms with E-state index in [1.54, 1.807) is 14.2 Å². The number of nitrogens with zero attached hydrogens (tertiary/aromatic N) is 2. The lowest BCUT2D eigenvalue weighted by Gasteiger charge is -2.35. The van der Waals surface area contributed by atoms with E-state index >= 15 is 0 Å². The molecule has 0 saturated heterocycles. The molecule has 0 heterocycles. The van der Waals surface area contributed by atoms with Crippen LogP contribution in [0.25, 0.3) is 0 Å². The topological polar surface area (TPSA) is 99.0 Å². The predicted molar refractivity (Wildman–Crippen MR) is 115 cm³/mol. The number of benzene rings is 2. The van der Waals surface area contributed by atoms with E-state index in [9.17, 15) is 19.7 Å². The summed E-state index contributed by atoms with van der Waals surface area (Å²) in [5.41, 5.74) is 0.483. The zero-order chi connectivity index (χ0) is 22.6. The summed E-state index contributed by atoms with van der Waals surface area (Å²) < 4.78 is 10.8. The fourth-order valence-electron chi connectivity index (χ4n) is 4.29. The molecule has 8 heteroatoms. The zero-order valence-corrected chi connectivity index (χ0v) is 17.9. The zero-order valence-electron chi connectivity index (χ0n) is 17.9. The number of hydrogen-bond acceptors (Lipinski definition) is 6. The van der Waals surface area contributed by atoms with Crippen molar-refractivity contribution < 1.29 is 24.0 Å². The molecule has 2 amide bonds. The lowest BCUT2D eigenvalue weighted by atomic mass is 9.78. The van der Waals surface area contributed by atoms with Crippen molar-refractivity contribution in [2.45, 2.75) is 38.0 Å². The molecule has 8 nitrogen and oxygen atoms in total. The highest BCUT2D eigenvalue weighted by Crippen LogP contribution is 2.44. The molecule has 0 N–H and O–H groups in total. The Hall–Kier alpha value is -3.42. The Morgan fingerprint density at radius 1 is 1.06 bits per heavy atom. The van der Waals surface area contributed by atoms with Gasteiger partial charge in [-0.2, -0.15) is 0 Å². The van der Waals surface area contributed by atoms with Gasteiger partial charge in [-0.05, 0) is 36.6 Å². The number of ether oxygens (including phenoxy) is 2. The Kier molecular flexibility index (Phi) is 6.58. The first-order valence-corrected chi connectivity index (χ1v) is 10.1. The van der Waals surface area contributed by atoms with Gasteiger partial charge >= 0.3 is 0 Å². The Morgan fingerprint density at radius 2 is 1.74 bits per heavy atom. The summed E-state index contributed by atoms with van der Waals surface area (Å²) in [6, 6.07) is 11.1. The number of rotatable bonds is 7. The summed E-state index contributed by atoms with van der Waals surface area (Å²) >= 11 is 0.